The van der Waals surface area contributed by atoms with E-state index in [1.165, 1.54) is 6.33 Å². The summed E-state index contributed by atoms with van der Waals surface area (Å²) < 4.78 is 6.78. The Hall–Kier alpha value is -3.13. The fraction of sp³-hybridized carbons (Fsp3) is 0.316. The summed E-state index contributed by atoms with van der Waals surface area (Å²) in [5.41, 5.74) is 7.92. The van der Waals surface area contributed by atoms with E-state index in [9.17, 15) is 9.90 Å². The topological polar surface area (TPSA) is 115 Å². The number of nitrogens with zero attached hydrogens (tertiary/aromatic N) is 3. The minimum atomic E-state index is -0.457. The predicted molar refractivity (Wildman–Crippen MR) is 102 cm³/mol. The highest BCUT2D eigenvalue weighted by Crippen LogP contribution is 2.49. The van der Waals surface area contributed by atoms with E-state index in [1.807, 2.05) is 19.1 Å². The van der Waals surface area contributed by atoms with Gasteiger partial charge in [0.15, 0.2) is 0 Å². The molecule has 0 bridgehead atoms. The average Bonchev–Trinajstić information content (AvgIpc) is 3.29. The number of nitrogen functional groups attached to an aromatic ring is 1. The van der Waals surface area contributed by atoms with Crippen molar-refractivity contribution in [3.8, 4) is 5.88 Å². The van der Waals surface area contributed by atoms with Crippen molar-refractivity contribution in [3.05, 3.63) is 41.7 Å². The van der Waals surface area contributed by atoms with Crippen molar-refractivity contribution >= 4 is 28.4 Å². The molecule has 4 rings (SSSR count). The smallest absolute Gasteiger partial charge is 0.261 e. The zero-order valence-corrected chi connectivity index (χ0v) is 15.2. The van der Waals surface area contributed by atoms with Crippen LogP contribution in [0.1, 0.15) is 35.7 Å². The van der Waals surface area contributed by atoms with Gasteiger partial charge in [-0.15, -0.1) is 0 Å². The zero-order valence-electron chi connectivity index (χ0n) is 15.2. The van der Waals surface area contributed by atoms with Crippen molar-refractivity contribution < 1.29 is 14.6 Å². The number of hydrogen-bond acceptors (Lipinski definition) is 6. The number of aromatic nitrogens is 3. The Morgan fingerprint density at radius 1 is 1.33 bits per heavy atom. The fourth-order valence-electron chi connectivity index (χ4n) is 3.30. The van der Waals surface area contributed by atoms with Gasteiger partial charge >= 0.3 is 0 Å². The van der Waals surface area contributed by atoms with Crippen molar-refractivity contribution in [3.63, 3.8) is 0 Å². The molecule has 1 amide bonds. The standard InChI is InChI=1S/C19H21N5O3/c1-19(7-8-19)24-16-13(15(20)21-10-22-16)14(18(24)26)17(25)23-12-5-3-11(4-6-12)9-27-2/h3-6,10,26H,7-9H2,1-2H3,(H,23,25)(H2,20,21,22). The molecule has 0 aliphatic heterocycles. The average molecular weight is 367 g/mol. The van der Waals surface area contributed by atoms with Crippen molar-refractivity contribution in [1.82, 2.24) is 14.5 Å². The molecule has 8 nitrogen and oxygen atoms in total. The number of benzene rings is 1. The number of anilines is 2. The molecule has 0 unspecified atom stereocenters. The van der Waals surface area contributed by atoms with Crippen LogP contribution in [0, 0.1) is 0 Å². The number of amides is 1. The van der Waals surface area contributed by atoms with Crippen LogP contribution in [-0.4, -0.2) is 32.7 Å². The number of aromatic hydroxyl groups is 1. The maximum Gasteiger partial charge on any atom is 0.261 e. The van der Waals surface area contributed by atoms with E-state index in [0.29, 0.717) is 23.3 Å². The largest absolute Gasteiger partial charge is 0.494 e. The van der Waals surface area contributed by atoms with Gasteiger partial charge in [-0.1, -0.05) is 12.1 Å². The first-order valence-electron chi connectivity index (χ1n) is 8.68. The predicted octanol–water partition coefficient (Wildman–Crippen LogP) is 2.63. The fourth-order valence-corrected chi connectivity index (χ4v) is 3.30. The highest BCUT2D eigenvalue weighted by atomic mass is 16.5. The van der Waals surface area contributed by atoms with E-state index in [0.717, 1.165) is 18.4 Å². The molecule has 140 valence electrons. The van der Waals surface area contributed by atoms with Gasteiger partial charge in [0.1, 0.15) is 23.4 Å². The molecule has 27 heavy (non-hydrogen) atoms. The van der Waals surface area contributed by atoms with Crippen molar-refractivity contribution in [2.75, 3.05) is 18.2 Å². The molecule has 0 saturated heterocycles. The highest BCUT2D eigenvalue weighted by molar-refractivity contribution is 6.16. The van der Waals surface area contributed by atoms with E-state index in [1.54, 1.807) is 23.8 Å². The SMILES string of the molecule is COCc1ccc(NC(=O)c2c(O)n(C3(C)CC3)c3ncnc(N)c23)cc1. The second kappa shape index (κ2) is 6.24. The normalized spacial score (nSPS) is 15.0. The van der Waals surface area contributed by atoms with Crippen LogP contribution in [0.4, 0.5) is 11.5 Å². The van der Waals surface area contributed by atoms with Crippen LogP contribution in [0.15, 0.2) is 30.6 Å². The molecule has 2 aromatic heterocycles. The number of nitrogens with two attached hydrogens (primary N) is 1. The lowest BCUT2D eigenvalue weighted by Gasteiger charge is -2.13. The zero-order chi connectivity index (χ0) is 19.2. The van der Waals surface area contributed by atoms with Gasteiger partial charge in [-0.2, -0.15) is 0 Å². The van der Waals surface area contributed by atoms with Crippen LogP contribution in [0.5, 0.6) is 5.88 Å². The maximum atomic E-state index is 13.0. The van der Waals surface area contributed by atoms with Gasteiger partial charge in [0.2, 0.25) is 5.88 Å². The van der Waals surface area contributed by atoms with Gasteiger partial charge in [0.05, 0.1) is 12.0 Å². The summed E-state index contributed by atoms with van der Waals surface area (Å²) in [6.45, 7) is 2.51. The van der Waals surface area contributed by atoms with Gasteiger partial charge in [-0.25, -0.2) is 9.97 Å². The summed E-state index contributed by atoms with van der Waals surface area (Å²) >= 11 is 0. The molecule has 1 saturated carbocycles. The first-order valence-corrected chi connectivity index (χ1v) is 8.68. The van der Waals surface area contributed by atoms with Crippen LogP contribution in [0.25, 0.3) is 11.0 Å². The molecule has 1 aromatic carbocycles. The van der Waals surface area contributed by atoms with Gasteiger partial charge in [0, 0.05) is 18.3 Å². The molecule has 0 spiro atoms. The quantitative estimate of drug-likeness (QED) is 0.638. The number of ether oxygens (including phenoxy) is 1. The van der Waals surface area contributed by atoms with E-state index < -0.39 is 5.91 Å². The third kappa shape index (κ3) is 2.87. The third-order valence-electron chi connectivity index (χ3n) is 5.02. The molecular formula is C19H21N5O3. The lowest BCUT2D eigenvalue weighted by atomic mass is 10.2. The molecule has 1 aliphatic rings. The molecule has 1 fully saturated rings. The molecular weight excluding hydrogens is 346 g/mol. The van der Waals surface area contributed by atoms with Crippen molar-refractivity contribution in [1.29, 1.82) is 0 Å². The number of carbonyl (C=O) groups is 1. The van der Waals surface area contributed by atoms with Crippen LogP contribution < -0.4 is 11.1 Å². The third-order valence-corrected chi connectivity index (χ3v) is 5.02. The summed E-state index contributed by atoms with van der Waals surface area (Å²) in [6, 6.07) is 7.30. The molecule has 8 heteroatoms. The molecule has 0 radical (unpaired) electrons. The number of carbonyl (C=O) groups excluding carboxylic acids is 1. The molecule has 1 aliphatic carbocycles. The van der Waals surface area contributed by atoms with Crippen LogP contribution in [-0.2, 0) is 16.9 Å². The maximum absolute atomic E-state index is 13.0. The summed E-state index contributed by atoms with van der Waals surface area (Å²) in [4.78, 5) is 21.2. The van der Waals surface area contributed by atoms with Gasteiger partial charge in [-0.3, -0.25) is 9.36 Å². The van der Waals surface area contributed by atoms with Gasteiger partial charge in [-0.05, 0) is 37.5 Å². The second-order valence-corrected chi connectivity index (χ2v) is 7.07. The van der Waals surface area contributed by atoms with E-state index in [-0.39, 0.29) is 22.8 Å². The number of rotatable bonds is 5. The first-order chi connectivity index (χ1) is 12.9. The van der Waals surface area contributed by atoms with Crippen LogP contribution in [0.3, 0.4) is 0 Å². The minimum absolute atomic E-state index is 0.0946. The Labute approximate surface area is 156 Å². The molecule has 3 aromatic rings. The molecule has 2 heterocycles. The monoisotopic (exact) mass is 367 g/mol. The number of fused-ring (bicyclic) bond motifs is 1. The Morgan fingerprint density at radius 2 is 2.04 bits per heavy atom. The number of nitrogens with one attached hydrogen (secondary N) is 1. The van der Waals surface area contributed by atoms with Crippen molar-refractivity contribution in [2.45, 2.75) is 31.9 Å². The van der Waals surface area contributed by atoms with E-state index in [4.69, 9.17) is 10.5 Å². The van der Waals surface area contributed by atoms with E-state index in [2.05, 4.69) is 15.3 Å². The van der Waals surface area contributed by atoms with Crippen LogP contribution in [0.2, 0.25) is 0 Å². The minimum Gasteiger partial charge on any atom is -0.494 e. The Balaban J connectivity index is 1.75. The molecule has 0 atom stereocenters. The summed E-state index contributed by atoms with van der Waals surface area (Å²) in [5.74, 6) is -0.425. The van der Waals surface area contributed by atoms with Crippen LogP contribution >= 0.6 is 0 Å². The lowest BCUT2D eigenvalue weighted by Crippen LogP contribution is -2.14. The lowest BCUT2D eigenvalue weighted by molar-refractivity contribution is 0.102. The van der Waals surface area contributed by atoms with E-state index >= 15 is 0 Å². The van der Waals surface area contributed by atoms with Crippen molar-refractivity contribution in [2.24, 2.45) is 0 Å². The Bertz CT molecular complexity index is 1020. The van der Waals surface area contributed by atoms with Gasteiger partial charge < -0.3 is 20.9 Å². The Morgan fingerprint density at radius 3 is 2.67 bits per heavy atom. The number of methoxy groups -OCH3 is 1. The summed E-state index contributed by atoms with van der Waals surface area (Å²) in [6.07, 6.45) is 3.14. The first kappa shape index (κ1) is 17.3. The highest BCUT2D eigenvalue weighted by Gasteiger charge is 2.44. The number of hydrogen-bond donors (Lipinski definition) is 3. The summed E-state index contributed by atoms with van der Waals surface area (Å²) in [7, 11) is 1.63. The Kier molecular flexibility index (Phi) is 4.00. The van der Waals surface area contributed by atoms with Gasteiger partial charge in [0.25, 0.3) is 5.91 Å². The second-order valence-electron chi connectivity index (χ2n) is 7.07. The molecule has 4 N–H and O–H groups in total. The summed E-state index contributed by atoms with van der Waals surface area (Å²) in [5, 5.41) is 14.0.